The van der Waals surface area contributed by atoms with Crippen LogP contribution < -0.4 is 0 Å². The van der Waals surface area contributed by atoms with E-state index >= 15 is 0 Å². The van der Waals surface area contributed by atoms with Gasteiger partial charge >= 0.3 is 0 Å². The van der Waals surface area contributed by atoms with Crippen molar-refractivity contribution in [1.82, 2.24) is 9.29 Å². The van der Waals surface area contributed by atoms with Crippen LogP contribution in [0.5, 0.6) is 5.88 Å². The number of aromatic hydroxyl groups is 1. The van der Waals surface area contributed by atoms with Crippen LogP contribution in [0.4, 0.5) is 17.1 Å². The molecule has 0 spiro atoms. The second-order valence-electron chi connectivity index (χ2n) is 8.07. The van der Waals surface area contributed by atoms with E-state index in [1.54, 1.807) is 24.3 Å². The summed E-state index contributed by atoms with van der Waals surface area (Å²) in [6.07, 6.45) is 1.41. The minimum atomic E-state index is -4.06. The summed E-state index contributed by atoms with van der Waals surface area (Å²) >= 11 is 0. The van der Waals surface area contributed by atoms with Crippen LogP contribution in [0.1, 0.15) is 26.7 Å². The molecule has 0 amide bonds. The first-order chi connectivity index (χ1) is 15.2. The van der Waals surface area contributed by atoms with Gasteiger partial charge in [0.05, 0.1) is 10.4 Å². The number of fused-ring (bicyclic) bond motifs is 1. The highest BCUT2D eigenvalue weighted by Gasteiger charge is 2.35. The Morgan fingerprint density at radius 1 is 1.19 bits per heavy atom. The molecule has 0 radical (unpaired) electrons. The molecule has 11 heteroatoms. The average Bonchev–Trinajstić information content (AvgIpc) is 3.06. The van der Waals surface area contributed by atoms with Crippen LogP contribution in [0.15, 0.2) is 57.6 Å². The van der Waals surface area contributed by atoms with Gasteiger partial charge in [0.1, 0.15) is 10.6 Å². The molecule has 3 aromatic rings. The predicted octanol–water partition coefficient (Wildman–Crippen LogP) is 5.01. The number of nitro benzene ring substituents is 1. The highest BCUT2D eigenvalue weighted by molar-refractivity contribution is 7.89. The maximum Gasteiger partial charge on any atom is 0.270 e. The summed E-state index contributed by atoms with van der Waals surface area (Å²) in [5.74, 6) is 0.186. The van der Waals surface area contributed by atoms with Gasteiger partial charge in [-0.1, -0.05) is 25.1 Å². The lowest BCUT2D eigenvalue weighted by atomic mass is 9.95. The van der Waals surface area contributed by atoms with Crippen molar-refractivity contribution in [2.24, 2.45) is 16.1 Å². The average molecular weight is 458 g/mol. The van der Waals surface area contributed by atoms with Gasteiger partial charge in [-0.2, -0.15) is 4.31 Å². The summed E-state index contributed by atoms with van der Waals surface area (Å²) in [6.45, 7) is 4.23. The summed E-state index contributed by atoms with van der Waals surface area (Å²) in [6, 6.07) is 10.3. The van der Waals surface area contributed by atoms with E-state index < -0.39 is 14.9 Å². The quantitative estimate of drug-likeness (QED) is 0.315. The third kappa shape index (κ3) is 3.96. The first-order valence-electron chi connectivity index (χ1n) is 10.2. The van der Waals surface area contributed by atoms with Crippen molar-refractivity contribution >= 4 is 38.0 Å². The fourth-order valence-corrected chi connectivity index (χ4v) is 5.89. The van der Waals surface area contributed by atoms with Gasteiger partial charge < -0.3 is 10.1 Å². The summed E-state index contributed by atoms with van der Waals surface area (Å²) in [7, 11) is -4.06. The Morgan fingerprint density at radius 3 is 2.66 bits per heavy atom. The molecular formula is C21H23N5O5S. The number of para-hydroxylation sites is 1. The summed E-state index contributed by atoms with van der Waals surface area (Å²) < 4.78 is 28.3. The fourth-order valence-electron chi connectivity index (χ4n) is 4.09. The molecule has 1 aliphatic rings. The molecule has 0 saturated carbocycles. The number of aromatic amines is 1. The second-order valence-corrected chi connectivity index (χ2v) is 9.93. The molecule has 0 unspecified atom stereocenters. The van der Waals surface area contributed by atoms with E-state index in [4.69, 9.17) is 0 Å². The minimum absolute atomic E-state index is 0.0360. The fraction of sp³-hybridized carbons (Fsp3) is 0.333. The van der Waals surface area contributed by atoms with Gasteiger partial charge in [-0.05, 0) is 37.8 Å². The lowest BCUT2D eigenvalue weighted by Gasteiger charge is -2.35. The van der Waals surface area contributed by atoms with E-state index in [0.717, 1.165) is 6.07 Å². The van der Waals surface area contributed by atoms with E-state index in [0.29, 0.717) is 36.2 Å². The predicted molar refractivity (Wildman–Crippen MR) is 119 cm³/mol. The Hall–Kier alpha value is -3.31. The zero-order valence-electron chi connectivity index (χ0n) is 17.6. The number of piperidine rings is 1. The molecule has 2 aromatic carbocycles. The number of rotatable bonds is 5. The van der Waals surface area contributed by atoms with Crippen LogP contribution in [-0.4, -0.2) is 40.3 Å². The number of nitro groups is 1. The summed E-state index contributed by atoms with van der Waals surface area (Å²) in [5.41, 5.74) is 0.413. The Balaban J connectivity index is 1.80. The Kier molecular flexibility index (Phi) is 5.70. The number of nitrogens with zero attached hydrogens (tertiary/aromatic N) is 4. The summed E-state index contributed by atoms with van der Waals surface area (Å²) in [4.78, 5) is 13.2. The van der Waals surface area contributed by atoms with Gasteiger partial charge in [-0.15, -0.1) is 10.2 Å². The third-order valence-corrected chi connectivity index (χ3v) is 7.78. The van der Waals surface area contributed by atoms with Crippen molar-refractivity contribution in [1.29, 1.82) is 0 Å². The number of sulfonamides is 1. The molecule has 2 atom stereocenters. The van der Waals surface area contributed by atoms with Crippen molar-refractivity contribution in [2.75, 3.05) is 6.54 Å². The molecule has 1 saturated heterocycles. The third-order valence-electron chi connectivity index (χ3n) is 5.74. The van der Waals surface area contributed by atoms with Crippen molar-refractivity contribution in [3.63, 3.8) is 0 Å². The molecule has 32 heavy (non-hydrogen) atoms. The lowest BCUT2D eigenvalue weighted by molar-refractivity contribution is -0.385. The zero-order valence-corrected chi connectivity index (χ0v) is 18.4. The monoisotopic (exact) mass is 457 g/mol. The molecule has 2 heterocycles. The number of aromatic nitrogens is 1. The van der Waals surface area contributed by atoms with Crippen molar-refractivity contribution in [2.45, 2.75) is 37.6 Å². The molecule has 1 aliphatic heterocycles. The van der Waals surface area contributed by atoms with E-state index in [2.05, 4.69) is 22.1 Å². The van der Waals surface area contributed by atoms with E-state index in [1.807, 2.05) is 6.92 Å². The molecule has 1 fully saturated rings. The van der Waals surface area contributed by atoms with Crippen LogP contribution in [0, 0.1) is 16.0 Å². The SMILES string of the molecule is C[C@H]1CCN(S(=O)(=O)c2cc([N+](=O)[O-])ccc2N=Nc2c(O)[nH]c3ccccc23)[C@@H](C)C1. The number of hydrogen-bond donors (Lipinski definition) is 2. The number of azo groups is 1. The Labute approximate surface area is 184 Å². The van der Waals surface area contributed by atoms with Crippen LogP contribution >= 0.6 is 0 Å². The number of benzene rings is 2. The van der Waals surface area contributed by atoms with Crippen LogP contribution in [0.2, 0.25) is 0 Å². The number of nitrogens with one attached hydrogen (secondary N) is 1. The molecule has 0 aliphatic carbocycles. The molecule has 2 N–H and O–H groups in total. The largest absolute Gasteiger partial charge is 0.493 e. The number of hydrogen-bond acceptors (Lipinski definition) is 7. The van der Waals surface area contributed by atoms with Crippen molar-refractivity contribution in [3.05, 3.63) is 52.6 Å². The van der Waals surface area contributed by atoms with Gasteiger partial charge in [0, 0.05) is 30.1 Å². The van der Waals surface area contributed by atoms with Gasteiger partial charge in [-0.3, -0.25) is 10.1 Å². The Morgan fingerprint density at radius 2 is 1.94 bits per heavy atom. The second kappa shape index (κ2) is 8.32. The smallest absolute Gasteiger partial charge is 0.270 e. The first kappa shape index (κ1) is 21.9. The summed E-state index contributed by atoms with van der Waals surface area (Å²) in [5, 5.41) is 30.3. The first-order valence-corrected chi connectivity index (χ1v) is 11.6. The molecule has 0 bridgehead atoms. The number of H-pyrrole nitrogens is 1. The van der Waals surface area contributed by atoms with Gasteiger partial charge in [0.15, 0.2) is 5.69 Å². The van der Waals surface area contributed by atoms with E-state index in [9.17, 15) is 23.6 Å². The maximum absolute atomic E-state index is 13.5. The lowest BCUT2D eigenvalue weighted by Crippen LogP contribution is -2.44. The van der Waals surface area contributed by atoms with Gasteiger partial charge in [0.2, 0.25) is 15.9 Å². The normalized spacial score (nSPS) is 20.2. The Bertz CT molecular complexity index is 1320. The van der Waals surface area contributed by atoms with Crippen molar-refractivity contribution < 1.29 is 18.4 Å². The van der Waals surface area contributed by atoms with Crippen LogP contribution in [0.3, 0.4) is 0 Å². The molecule has 10 nitrogen and oxygen atoms in total. The molecular weight excluding hydrogens is 434 g/mol. The van der Waals surface area contributed by atoms with Gasteiger partial charge in [0.25, 0.3) is 5.69 Å². The highest BCUT2D eigenvalue weighted by atomic mass is 32.2. The topological polar surface area (TPSA) is 141 Å². The van der Waals surface area contributed by atoms with E-state index in [-0.39, 0.29) is 33.9 Å². The standard InChI is InChI=1S/C21H23N5O5S/c1-13-9-10-25(14(2)11-13)32(30,31)19-12-15(26(28)29)7-8-18(19)23-24-20-16-5-3-4-6-17(16)22-21(20)27/h3-8,12-14,22,27H,9-11H2,1-2H3/t13-,14-/m0/s1. The van der Waals surface area contributed by atoms with Crippen LogP contribution in [-0.2, 0) is 10.0 Å². The van der Waals surface area contributed by atoms with Crippen molar-refractivity contribution in [3.8, 4) is 5.88 Å². The maximum atomic E-state index is 13.5. The molecule has 4 rings (SSSR count). The zero-order chi connectivity index (χ0) is 23.0. The van der Waals surface area contributed by atoms with Gasteiger partial charge in [-0.25, -0.2) is 8.42 Å². The van der Waals surface area contributed by atoms with E-state index in [1.165, 1.54) is 16.4 Å². The van der Waals surface area contributed by atoms with Crippen LogP contribution in [0.25, 0.3) is 10.9 Å². The highest BCUT2D eigenvalue weighted by Crippen LogP contribution is 2.39. The molecule has 168 valence electrons. The minimum Gasteiger partial charge on any atom is -0.493 e. The molecule has 1 aromatic heterocycles. The number of non-ortho nitro benzene ring substituents is 1.